The van der Waals surface area contributed by atoms with Crippen LogP contribution in [0.3, 0.4) is 0 Å². The summed E-state index contributed by atoms with van der Waals surface area (Å²) in [6.07, 6.45) is 6.45. The van der Waals surface area contributed by atoms with Crippen molar-refractivity contribution >= 4 is 5.82 Å². The van der Waals surface area contributed by atoms with Gasteiger partial charge in [0.25, 0.3) is 0 Å². The number of aromatic nitrogens is 3. The van der Waals surface area contributed by atoms with E-state index in [0.717, 1.165) is 42.1 Å². The summed E-state index contributed by atoms with van der Waals surface area (Å²) in [5.74, 6) is 1.82. The largest absolute Gasteiger partial charge is 0.431 e. The van der Waals surface area contributed by atoms with Gasteiger partial charge in [0.05, 0.1) is 5.69 Å². The maximum atomic E-state index is 12.8. The van der Waals surface area contributed by atoms with Crippen LogP contribution < -0.4 is 10.5 Å². The maximum absolute atomic E-state index is 12.8. The summed E-state index contributed by atoms with van der Waals surface area (Å²) in [7, 11) is 2.26. The molecule has 2 aliphatic heterocycles. The van der Waals surface area contributed by atoms with E-state index >= 15 is 0 Å². The molecule has 0 spiro atoms. The van der Waals surface area contributed by atoms with Gasteiger partial charge in [-0.1, -0.05) is 6.92 Å². The number of nitrogen functional groups attached to an aromatic ring is 1. The molecule has 5 unspecified atom stereocenters. The van der Waals surface area contributed by atoms with E-state index in [4.69, 9.17) is 10.8 Å². The van der Waals surface area contributed by atoms with E-state index in [1.165, 1.54) is 44.1 Å². The number of anilines is 1. The van der Waals surface area contributed by atoms with E-state index in [2.05, 4.69) is 51.2 Å². The summed E-state index contributed by atoms with van der Waals surface area (Å²) >= 11 is 0. The minimum absolute atomic E-state index is 0.0461. The minimum Gasteiger partial charge on any atom is -0.431 e. The van der Waals surface area contributed by atoms with Gasteiger partial charge in [0.2, 0.25) is 0 Å². The van der Waals surface area contributed by atoms with E-state index in [0.29, 0.717) is 11.5 Å². The molecule has 4 aliphatic rings. The molecule has 2 aliphatic carbocycles. The third-order valence-electron chi connectivity index (χ3n) is 8.95. The van der Waals surface area contributed by atoms with Crippen LogP contribution in [0.1, 0.15) is 57.2 Å². The summed E-state index contributed by atoms with van der Waals surface area (Å²) in [6.45, 7) is 3.86. The van der Waals surface area contributed by atoms with E-state index in [1.807, 2.05) is 0 Å². The molecule has 6 rings (SSSR count). The first kappa shape index (κ1) is 22.2. The SMILES string of the molecule is CCC(C)n1nc(-c2cnc(N)c(OC(F)F)c2)cc1C1C2CC(N3CC4CC3CN4C)CC21. The van der Waals surface area contributed by atoms with E-state index < -0.39 is 6.61 Å². The molecule has 7 nitrogen and oxygen atoms in total. The maximum Gasteiger partial charge on any atom is 0.387 e. The third kappa shape index (κ3) is 3.59. The van der Waals surface area contributed by atoms with Crippen LogP contribution in [-0.2, 0) is 0 Å². The Labute approximate surface area is 199 Å². The molecule has 5 atom stereocenters. The first-order valence-corrected chi connectivity index (χ1v) is 12.6. The van der Waals surface area contributed by atoms with Crippen molar-refractivity contribution in [3.05, 3.63) is 24.0 Å². The predicted molar refractivity (Wildman–Crippen MR) is 126 cm³/mol. The highest BCUT2D eigenvalue weighted by Gasteiger charge is 2.60. The van der Waals surface area contributed by atoms with Crippen molar-refractivity contribution in [3.63, 3.8) is 0 Å². The molecule has 2 aromatic rings. The zero-order valence-electron chi connectivity index (χ0n) is 20.1. The number of nitrogens with zero attached hydrogens (tertiary/aromatic N) is 5. The first-order chi connectivity index (χ1) is 16.3. The molecule has 0 amide bonds. The van der Waals surface area contributed by atoms with Crippen LogP contribution in [0.15, 0.2) is 18.3 Å². The fraction of sp³-hybridized carbons (Fsp3) is 0.680. The van der Waals surface area contributed by atoms with Crippen LogP contribution in [0.25, 0.3) is 11.3 Å². The Hall–Kier alpha value is -2.26. The number of likely N-dealkylation sites (N-methyl/N-ethyl adjacent to an activating group) is 1. The monoisotopic (exact) mass is 472 g/mol. The third-order valence-corrected chi connectivity index (χ3v) is 8.95. The van der Waals surface area contributed by atoms with Gasteiger partial charge < -0.3 is 15.4 Å². The fourth-order valence-electron chi connectivity index (χ4n) is 6.98. The lowest BCUT2D eigenvalue weighted by molar-refractivity contribution is -0.0494. The van der Waals surface area contributed by atoms with Gasteiger partial charge in [-0.25, -0.2) is 4.98 Å². The van der Waals surface area contributed by atoms with Gasteiger partial charge in [-0.15, -0.1) is 0 Å². The van der Waals surface area contributed by atoms with Crippen LogP contribution in [0.2, 0.25) is 0 Å². The highest BCUT2D eigenvalue weighted by atomic mass is 19.3. The van der Waals surface area contributed by atoms with Gasteiger partial charge in [0.15, 0.2) is 11.6 Å². The van der Waals surface area contributed by atoms with Crippen LogP contribution in [0, 0.1) is 11.8 Å². The molecule has 2 aromatic heterocycles. The number of halogens is 2. The molecule has 4 fully saturated rings. The van der Waals surface area contributed by atoms with Gasteiger partial charge in [-0.3, -0.25) is 9.58 Å². The number of ether oxygens (including phenoxy) is 1. The summed E-state index contributed by atoms with van der Waals surface area (Å²) in [5.41, 5.74) is 8.39. The van der Waals surface area contributed by atoms with E-state index in [-0.39, 0.29) is 17.6 Å². The molecule has 2 saturated carbocycles. The molecular formula is C25H34F2N6O. The molecule has 2 bridgehead atoms. The number of hydrogen-bond acceptors (Lipinski definition) is 6. The lowest BCUT2D eigenvalue weighted by Gasteiger charge is -2.37. The van der Waals surface area contributed by atoms with Crippen molar-refractivity contribution in [1.82, 2.24) is 24.6 Å². The van der Waals surface area contributed by atoms with Crippen LogP contribution >= 0.6 is 0 Å². The van der Waals surface area contributed by atoms with Crippen molar-refractivity contribution < 1.29 is 13.5 Å². The van der Waals surface area contributed by atoms with Gasteiger partial charge in [-0.2, -0.15) is 13.9 Å². The van der Waals surface area contributed by atoms with Gasteiger partial charge in [-0.05, 0) is 63.6 Å². The quantitative estimate of drug-likeness (QED) is 0.657. The highest BCUT2D eigenvalue weighted by Crippen LogP contribution is 2.64. The second kappa shape index (κ2) is 8.16. The second-order valence-corrected chi connectivity index (χ2v) is 10.8. The average Bonchev–Trinajstić information content (AvgIpc) is 3.33. The summed E-state index contributed by atoms with van der Waals surface area (Å²) in [6, 6.07) is 6.14. The number of pyridine rings is 1. The average molecular weight is 473 g/mol. The number of hydrogen-bond donors (Lipinski definition) is 1. The number of fused-ring (bicyclic) bond motifs is 3. The summed E-state index contributed by atoms with van der Waals surface area (Å²) in [5, 5.41) is 4.90. The Kier molecular flexibility index (Phi) is 5.33. The molecule has 184 valence electrons. The predicted octanol–water partition coefficient (Wildman–Crippen LogP) is 3.98. The lowest BCUT2D eigenvalue weighted by Crippen LogP contribution is -2.48. The van der Waals surface area contributed by atoms with Crippen molar-refractivity contribution in [2.45, 2.75) is 76.2 Å². The van der Waals surface area contributed by atoms with Gasteiger partial charge in [0.1, 0.15) is 0 Å². The zero-order chi connectivity index (χ0) is 23.7. The Morgan fingerprint density at radius 3 is 2.50 bits per heavy atom. The molecular weight excluding hydrogens is 438 g/mol. The smallest absolute Gasteiger partial charge is 0.387 e. The molecule has 2 saturated heterocycles. The fourth-order valence-corrected chi connectivity index (χ4v) is 6.98. The van der Waals surface area contributed by atoms with Crippen LogP contribution in [-0.4, -0.2) is 69.4 Å². The van der Waals surface area contributed by atoms with Crippen molar-refractivity contribution in [3.8, 4) is 17.0 Å². The number of piperazine rings is 1. The molecule has 4 heterocycles. The topological polar surface area (TPSA) is 72.4 Å². The molecule has 9 heteroatoms. The zero-order valence-corrected chi connectivity index (χ0v) is 20.1. The number of likely N-dealkylation sites (tertiary alicyclic amines) is 2. The van der Waals surface area contributed by atoms with Gasteiger partial charge >= 0.3 is 6.61 Å². The van der Waals surface area contributed by atoms with Crippen molar-refractivity contribution in [2.75, 3.05) is 25.9 Å². The molecule has 2 N–H and O–H groups in total. The lowest BCUT2D eigenvalue weighted by atomic mass is 10.0. The van der Waals surface area contributed by atoms with E-state index in [9.17, 15) is 8.78 Å². The summed E-state index contributed by atoms with van der Waals surface area (Å²) in [4.78, 5) is 9.39. The number of rotatable bonds is 7. The molecule has 0 radical (unpaired) electrons. The van der Waals surface area contributed by atoms with Crippen LogP contribution in [0.4, 0.5) is 14.6 Å². The Morgan fingerprint density at radius 1 is 1.12 bits per heavy atom. The summed E-state index contributed by atoms with van der Waals surface area (Å²) < 4.78 is 32.3. The minimum atomic E-state index is -2.95. The molecule has 34 heavy (non-hydrogen) atoms. The second-order valence-electron chi connectivity index (χ2n) is 10.8. The number of alkyl halides is 2. The highest BCUT2D eigenvalue weighted by molar-refractivity contribution is 5.64. The Bertz CT molecular complexity index is 1060. The van der Waals surface area contributed by atoms with Crippen LogP contribution in [0.5, 0.6) is 5.75 Å². The molecule has 0 aromatic carbocycles. The van der Waals surface area contributed by atoms with E-state index in [1.54, 1.807) is 6.20 Å². The Morgan fingerprint density at radius 2 is 1.88 bits per heavy atom. The van der Waals surface area contributed by atoms with Crippen molar-refractivity contribution in [1.29, 1.82) is 0 Å². The number of nitrogens with two attached hydrogens (primary N) is 1. The normalized spacial score (nSPS) is 33.6. The van der Waals surface area contributed by atoms with Gasteiger partial charge in [0, 0.05) is 60.6 Å². The standard InChI is InChI=1S/C25H34F2N6O/c1-4-13(2)33-21(9-20(30-33)14-5-22(34-25(26)27)24(28)29-10-14)23-18-7-15(8-19(18)23)32-12-16-6-17(32)11-31(16)3/h5,9-10,13,15-19,23,25H,4,6-8,11-12H2,1-3H3,(H2,28,29). The Balaban J connectivity index is 1.22. The van der Waals surface area contributed by atoms with Crippen molar-refractivity contribution in [2.24, 2.45) is 11.8 Å². The first-order valence-electron chi connectivity index (χ1n) is 12.6.